The fourth-order valence-electron chi connectivity index (χ4n) is 3.93. The molecular formula is C21H18O4. The summed E-state index contributed by atoms with van der Waals surface area (Å²) in [6.07, 6.45) is -0.0805. The number of rotatable bonds is 4. The molecule has 25 heavy (non-hydrogen) atoms. The molecule has 0 aromatic heterocycles. The van der Waals surface area contributed by atoms with E-state index in [4.69, 9.17) is 14.2 Å². The molecule has 3 heterocycles. The van der Waals surface area contributed by atoms with Crippen LogP contribution in [0.3, 0.4) is 0 Å². The number of hydrogen-bond acceptors (Lipinski definition) is 4. The van der Waals surface area contributed by atoms with E-state index < -0.39 is 5.60 Å². The van der Waals surface area contributed by atoms with Gasteiger partial charge in [0.05, 0.1) is 0 Å². The van der Waals surface area contributed by atoms with Crippen molar-refractivity contribution in [1.82, 2.24) is 0 Å². The Morgan fingerprint density at radius 3 is 1.72 bits per heavy atom. The SMILES string of the molecule is C=C1CC(C2OC2c2ccccc2)(C2OC2c2ccccc2)OC1=O. The Kier molecular flexibility index (Phi) is 3.14. The number of carbonyl (C=O) groups is 1. The monoisotopic (exact) mass is 334 g/mol. The minimum atomic E-state index is -0.783. The summed E-state index contributed by atoms with van der Waals surface area (Å²) in [5.74, 6) is -0.343. The smallest absolute Gasteiger partial charge is 0.334 e. The van der Waals surface area contributed by atoms with Gasteiger partial charge in [-0.05, 0) is 11.1 Å². The van der Waals surface area contributed by atoms with Crippen molar-refractivity contribution in [3.05, 3.63) is 83.9 Å². The third-order valence-corrected chi connectivity index (χ3v) is 5.26. The van der Waals surface area contributed by atoms with E-state index in [0.29, 0.717) is 12.0 Å². The average Bonchev–Trinajstić information content (AvgIpc) is 3.55. The van der Waals surface area contributed by atoms with E-state index in [1.165, 1.54) is 0 Å². The van der Waals surface area contributed by atoms with Gasteiger partial charge in [-0.1, -0.05) is 67.2 Å². The lowest BCUT2D eigenvalue weighted by Crippen LogP contribution is -2.42. The second kappa shape index (κ2) is 5.28. The number of ether oxygens (including phenoxy) is 3. The summed E-state index contributed by atoms with van der Waals surface area (Å²) < 4.78 is 17.8. The molecule has 5 rings (SSSR count). The van der Waals surface area contributed by atoms with E-state index in [2.05, 4.69) is 6.58 Å². The van der Waals surface area contributed by atoms with Gasteiger partial charge in [-0.3, -0.25) is 0 Å². The maximum Gasteiger partial charge on any atom is 0.334 e. The van der Waals surface area contributed by atoms with Crippen molar-refractivity contribution in [3.63, 3.8) is 0 Å². The molecule has 0 radical (unpaired) electrons. The van der Waals surface area contributed by atoms with E-state index in [0.717, 1.165) is 11.1 Å². The molecule has 4 atom stereocenters. The molecule has 0 bridgehead atoms. The van der Waals surface area contributed by atoms with Crippen LogP contribution in [0.15, 0.2) is 72.8 Å². The summed E-state index contributed by atoms with van der Waals surface area (Å²) in [5.41, 5.74) is 1.90. The number of hydrogen-bond donors (Lipinski definition) is 0. The molecule has 126 valence electrons. The van der Waals surface area contributed by atoms with Crippen LogP contribution in [0.2, 0.25) is 0 Å². The summed E-state index contributed by atoms with van der Waals surface area (Å²) in [6, 6.07) is 20.0. The second-order valence-corrected chi connectivity index (χ2v) is 6.90. The van der Waals surface area contributed by atoms with Crippen LogP contribution in [-0.2, 0) is 19.0 Å². The number of cyclic esters (lactones) is 1. The first-order valence-corrected chi connectivity index (χ1v) is 8.51. The van der Waals surface area contributed by atoms with Gasteiger partial charge in [0.15, 0.2) is 5.60 Å². The van der Waals surface area contributed by atoms with E-state index in [9.17, 15) is 4.79 Å². The van der Waals surface area contributed by atoms with Crippen molar-refractivity contribution < 1.29 is 19.0 Å². The van der Waals surface area contributed by atoms with Gasteiger partial charge in [-0.2, -0.15) is 0 Å². The van der Waals surface area contributed by atoms with Crippen molar-refractivity contribution in [2.45, 2.75) is 36.4 Å². The lowest BCUT2D eigenvalue weighted by atomic mass is 9.85. The van der Waals surface area contributed by atoms with Crippen molar-refractivity contribution in [3.8, 4) is 0 Å². The Hall–Kier alpha value is -2.43. The summed E-state index contributed by atoms with van der Waals surface area (Å²) in [6.45, 7) is 3.86. The van der Waals surface area contributed by atoms with Crippen molar-refractivity contribution in [2.75, 3.05) is 0 Å². The van der Waals surface area contributed by atoms with E-state index in [1.54, 1.807) is 0 Å². The van der Waals surface area contributed by atoms with Crippen molar-refractivity contribution in [2.24, 2.45) is 0 Å². The summed E-state index contributed by atoms with van der Waals surface area (Å²) in [5, 5.41) is 0. The van der Waals surface area contributed by atoms with Gasteiger partial charge in [0.2, 0.25) is 0 Å². The van der Waals surface area contributed by atoms with Gasteiger partial charge in [-0.25, -0.2) is 4.79 Å². The zero-order valence-electron chi connectivity index (χ0n) is 13.6. The maximum atomic E-state index is 12.1. The predicted molar refractivity (Wildman–Crippen MR) is 90.7 cm³/mol. The Labute approximate surface area is 146 Å². The van der Waals surface area contributed by atoms with Crippen LogP contribution in [-0.4, -0.2) is 23.8 Å². The van der Waals surface area contributed by atoms with Crippen LogP contribution >= 0.6 is 0 Å². The molecule has 3 fully saturated rings. The largest absolute Gasteiger partial charge is 0.450 e. The van der Waals surface area contributed by atoms with Gasteiger partial charge < -0.3 is 14.2 Å². The zero-order valence-corrected chi connectivity index (χ0v) is 13.6. The molecule has 3 aliphatic rings. The third-order valence-electron chi connectivity index (χ3n) is 5.26. The Bertz CT molecular complexity index is 758. The first kappa shape index (κ1) is 14.9. The minimum Gasteiger partial charge on any atom is -0.450 e. The highest BCUT2D eigenvalue weighted by Gasteiger charge is 2.71. The predicted octanol–water partition coefficient (Wildman–Crippen LogP) is 3.51. The van der Waals surface area contributed by atoms with Gasteiger partial charge in [-0.15, -0.1) is 0 Å². The molecule has 0 amide bonds. The standard InChI is InChI=1S/C21H18O4/c1-13-12-21(25-20(13)22,18-16(23-18)14-8-4-2-5-9-14)19-17(24-19)15-10-6-3-7-11-15/h2-11,16-19H,1,12H2. The Morgan fingerprint density at radius 1 is 0.840 bits per heavy atom. The highest BCUT2D eigenvalue weighted by atomic mass is 16.7. The minimum absolute atomic E-state index is 0.0690. The van der Waals surface area contributed by atoms with E-state index in [-0.39, 0.29) is 30.4 Å². The number of carbonyl (C=O) groups excluding carboxylic acids is 1. The number of benzene rings is 2. The Balaban J connectivity index is 1.44. The number of esters is 1. The fourth-order valence-corrected chi connectivity index (χ4v) is 3.93. The normalized spacial score (nSPS) is 36.2. The van der Waals surface area contributed by atoms with Gasteiger partial charge >= 0.3 is 5.97 Å². The fraction of sp³-hybridized carbons (Fsp3) is 0.286. The van der Waals surface area contributed by atoms with E-state index >= 15 is 0 Å². The lowest BCUT2D eigenvalue weighted by molar-refractivity contribution is -0.150. The van der Waals surface area contributed by atoms with Crippen LogP contribution in [0.1, 0.15) is 29.8 Å². The second-order valence-electron chi connectivity index (χ2n) is 6.90. The quantitative estimate of drug-likeness (QED) is 0.488. The molecule has 2 aromatic carbocycles. The van der Waals surface area contributed by atoms with E-state index in [1.807, 2.05) is 60.7 Å². The molecule has 3 aliphatic heterocycles. The number of epoxide rings is 2. The van der Waals surface area contributed by atoms with Crippen LogP contribution in [0.5, 0.6) is 0 Å². The molecule has 4 nitrogen and oxygen atoms in total. The molecule has 0 aliphatic carbocycles. The maximum absolute atomic E-state index is 12.1. The molecule has 4 heteroatoms. The first-order chi connectivity index (χ1) is 12.2. The van der Waals surface area contributed by atoms with Crippen molar-refractivity contribution >= 4 is 5.97 Å². The highest BCUT2D eigenvalue weighted by Crippen LogP contribution is 2.60. The summed E-state index contributed by atoms with van der Waals surface area (Å²) in [4.78, 5) is 12.1. The van der Waals surface area contributed by atoms with Crippen LogP contribution in [0.25, 0.3) is 0 Å². The molecular weight excluding hydrogens is 316 g/mol. The zero-order chi connectivity index (χ0) is 17.0. The molecule has 4 unspecified atom stereocenters. The molecule has 3 saturated heterocycles. The lowest BCUT2D eigenvalue weighted by Gasteiger charge is -2.24. The summed E-state index contributed by atoms with van der Waals surface area (Å²) >= 11 is 0. The van der Waals surface area contributed by atoms with Crippen LogP contribution < -0.4 is 0 Å². The van der Waals surface area contributed by atoms with Crippen LogP contribution in [0.4, 0.5) is 0 Å². The van der Waals surface area contributed by atoms with Gasteiger partial charge in [0.25, 0.3) is 0 Å². The molecule has 0 saturated carbocycles. The van der Waals surface area contributed by atoms with Crippen molar-refractivity contribution in [1.29, 1.82) is 0 Å². The molecule has 0 N–H and O–H groups in total. The first-order valence-electron chi connectivity index (χ1n) is 8.51. The Morgan fingerprint density at radius 2 is 1.32 bits per heavy atom. The topological polar surface area (TPSA) is 51.4 Å². The average molecular weight is 334 g/mol. The van der Waals surface area contributed by atoms with Gasteiger partial charge in [0, 0.05) is 12.0 Å². The third kappa shape index (κ3) is 2.33. The van der Waals surface area contributed by atoms with Gasteiger partial charge in [0.1, 0.15) is 24.4 Å². The molecule has 0 spiro atoms. The highest BCUT2D eigenvalue weighted by molar-refractivity contribution is 5.91. The summed E-state index contributed by atoms with van der Waals surface area (Å²) in [7, 11) is 0. The molecule has 2 aromatic rings. The van der Waals surface area contributed by atoms with Crippen LogP contribution in [0, 0.1) is 0 Å².